The van der Waals surface area contributed by atoms with Gasteiger partial charge in [-0.25, -0.2) is 4.39 Å². The molecule has 0 radical (unpaired) electrons. The molecule has 0 aliphatic carbocycles. The number of Topliss-reactive ketones (excluding diaryl/α,β-unsaturated/α-hetero) is 1. The fourth-order valence-electron chi connectivity index (χ4n) is 3.66. The molecule has 1 aromatic heterocycles. The van der Waals surface area contributed by atoms with E-state index in [1.165, 1.54) is 25.0 Å². The van der Waals surface area contributed by atoms with Crippen molar-refractivity contribution in [3.05, 3.63) is 40.7 Å². The number of nitrogens with one attached hydrogen (secondary N) is 2. The zero-order valence-corrected chi connectivity index (χ0v) is 16.4. The molecule has 144 valence electrons. The van der Waals surface area contributed by atoms with Crippen LogP contribution in [0.2, 0.25) is 5.02 Å². The summed E-state index contributed by atoms with van der Waals surface area (Å²) in [6.45, 7) is 3.71. The van der Waals surface area contributed by atoms with Gasteiger partial charge in [-0.2, -0.15) is 0 Å². The van der Waals surface area contributed by atoms with Gasteiger partial charge in [0.2, 0.25) is 0 Å². The van der Waals surface area contributed by atoms with Crippen molar-refractivity contribution in [1.29, 1.82) is 0 Å². The maximum atomic E-state index is 14.2. The van der Waals surface area contributed by atoms with Crippen molar-refractivity contribution in [1.82, 2.24) is 15.2 Å². The maximum Gasteiger partial charge on any atom is 0.195 e. The molecule has 2 aliphatic rings. The summed E-state index contributed by atoms with van der Waals surface area (Å²) in [5, 5.41) is 3.78. The van der Waals surface area contributed by atoms with Crippen molar-refractivity contribution in [2.24, 2.45) is 0 Å². The van der Waals surface area contributed by atoms with Crippen LogP contribution in [-0.4, -0.2) is 51.4 Å². The minimum absolute atomic E-state index is 0.102. The van der Waals surface area contributed by atoms with Crippen molar-refractivity contribution in [3.8, 4) is 11.3 Å². The molecule has 5 nitrogen and oxygen atoms in total. The lowest BCUT2D eigenvalue weighted by Gasteiger charge is -2.20. The van der Waals surface area contributed by atoms with E-state index in [1.54, 1.807) is 12.1 Å². The molecule has 1 atom stereocenters. The molecule has 2 N–H and O–H groups in total. The fourth-order valence-corrected chi connectivity index (χ4v) is 5.37. The van der Waals surface area contributed by atoms with E-state index in [2.05, 4.69) is 15.2 Å². The number of hydrogen-bond acceptors (Lipinski definition) is 4. The Labute approximate surface area is 164 Å². The number of aromatic amines is 1. The molecule has 1 saturated heterocycles. The van der Waals surface area contributed by atoms with Crippen LogP contribution in [0.3, 0.4) is 0 Å². The number of benzene rings is 1. The molecule has 2 aliphatic heterocycles. The molecule has 1 aromatic carbocycles. The van der Waals surface area contributed by atoms with Crippen molar-refractivity contribution >= 4 is 33.1 Å². The lowest BCUT2D eigenvalue weighted by molar-refractivity contribution is 0.0996. The standard InChI is InChI=1S/C19H21ClFN3O2S/c20-13-4-3-5-14(21)18(13)15-10-12-16(25)11-17(27(26)19(12)23-15)22-6-9-24-7-1-2-8-24/h3-5,10,27H,1-2,6-9,11H2,(H2-,22,23,25,26). The number of aromatic nitrogens is 1. The Morgan fingerprint density at radius 3 is 2.85 bits per heavy atom. The summed E-state index contributed by atoms with van der Waals surface area (Å²) in [6, 6.07) is 5.96. The van der Waals surface area contributed by atoms with E-state index < -0.39 is 16.6 Å². The number of hydrogen-bond donors (Lipinski definition) is 2. The van der Waals surface area contributed by atoms with E-state index in [-0.39, 0.29) is 22.8 Å². The minimum atomic E-state index is -1.92. The van der Waals surface area contributed by atoms with Gasteiger partial charge >= 0.3 is 0 Å². The van der Waals surface area contributed by atoms with Gasteiger partial charge in [-0.1, -0.05) is 17.7 Å². The second-order valence-electron chi connectivity index (χ2n) is 6.86. The van der Waals surface area contributed by atoms with Crippen molar-refractivity contribution in [2.45, 2.75) is 24.3 Å². The summed E-state index contributed by atoms with van der Waals surface area (Å²) in [7, 11) is -1.92. The second-order valence-corrected chi connectivity index (χ2v) is 8.84. The first-order valence-corrected chi connectivity index (χ1v) is 10.7. The van der Waals surface area contributed by atoms with Gasteiger partial charge in [0.25, 0.3) is 0 Å². The highest BCUT2D eigenvalue weighted by molar-refractivity contribution is 7.91. The molecule has 1 fully saturated rings. The summed E-state index contributed by atoms with van der Waals surface area (Å²) >= 11 is 6.12. The van der Waals surface area contributed by atoms with E-state index in [1.807, 2.05) is 0 Å². The predicted molar refractivity (Wildman–Crippen MR) is 107 cm³/mol. The number of ketones is 1. The molecule has 2 aromatic rings. The smallest absolute Gasteiger partial charge is 0.195 e. The Balaban J connectivity index is 1.59. The normalized spacial score (nSPS) is 20.3. The average molecular weight is 410 g/mol. The molecule has 0 bridgehead atoms. The molecular formula is C19H21ClFN3O2S. The van der Waals surface area contributed by atoms with Crippen LogP contribution in [0.4, 0.5) is 4.39 Å². The number of fused-ring (bicyclic) bond motifs is 1. The molecule has 0 spiro atoms. The van der Waals surface area contributed by atoms with E-state index >= 15 is 0 Å². The Morgan fingerprint density at radius 1 is 1.33 bits per heavy atom. The molecule has 1 unspecified atom stereocenters. The fraction of sp³-hybridized carbons (Fsp3) is 0.368. The number of thiol groups is 1. The first-order chi connectivity index (χ1) is 13.0. The van der Waals surface area contributed by atoms with Crippen LogP contribution in [0.5, 0.6) is 0 Å². The Bertz CT molecular complexity index is 901. The largest absolute Gasteiger partial charge is 0.644 e. The van der Waals surface area contributed by atoms with Gasteiger partial charge in [0, 0.05) is 13.1 Å². The number of carbonyl (C=O) groups is 1. The summed E-state index contributed by atoms with van der Waals surface area (Å²) < 4.78 is 27.1. The topological polar surface area (TPSA) is 71.2 Å². The number of halogens is 2. The highest BCUT2D eigenvalue weighted by Gasteiger charge is 2.29. The summed E-state index contributed by atoms with van der Waals surface area (Å²) in [5.41, 5.74) is 0.918. The third kappa shape index (κ3) is 3.75. The molecule has 8 heteroatoms. The van der Waals surface area contributed by atoms with Crippen LogP contribution in [0, 0.1) is 5.82 Å². The zero-order valence-electron chi connectivity index (χ0n) is 14.7. The number of carbonyl (C=O) groups excluding carboxylic acids is 1. The van der Waals surface area contributed by atoms with Gasteiger partial charge < -0.3 is 14.4 Å². The maximum absolute atomic E-state index is 14.2. The SMILES string of the molecule is O=C1CC(NCCN2CCCC2)=[SH+]([O-])c2[nH]c(-c3c(F)cccc3Cl)cc21. The summed E-state index contributed by atoms with van der Waals surface area (Å²) in [4.78, 5) is 18.4. The minimum Gasteiger partial charge on any atom is -0.644 e. The molecule has 4 rings (SSSR count). The van der Waals surface area contributed by atoms with E-state index in [0.717, 1.165) is 19.6 Å². The highest BCUT2D eigenvalue weighted by atomic mass is 35.5. The van der Waals surface area contributed by atoms with Gasteiger partial charge in [-0.3, -0.25) is 10.1 Å². The van der Waals surface area contributed by atoms with E-state index in [9.17, 15) is 13.7 Å². The zero-order chi connectivity index (χ0) is 19.0. The first-order valence-electron chi connectivity index (χ1n) is 9.04. The van der Waals surface area contributed by atoms with Crippen LogP contribution in [0.15, 0.2) is 29.3 Å². The predicted octanol–water partition coefficient (Wildman–Crippen LogP) is 2.72. The highest BCUT2D eigenvalue weighted by Crippen LogP contribution is 2.33. The Morgan fingerprint density at radius 2 is 2.11 bits per heavy atom. The average Bonchev–Trinajstić information content (AvgIpc) is 3.29. The van der Waals surface area contributed by atoms with Crippen LogP contribution < -0.4 is 5.32 Å². The molecular weight excluding hydrogens is 389 g/mol. The van der Waals surface area contributed by atoms with Crippen LogP contribution in [-0.2, 0) is 10.8 Å². The third-order valence-corrected chi connectivity index (χ3v) is 6.94. The van der Waals surface area contributed by atoms with Crippen LogP contribution >= 0.6 is 11.6 Å². The van der Waals surface area contributed by atoms with Crippen molar-refractivity contribution in [2.75, 3.05) is 26.2 Å². The first kappa shape index (κ1) is 18.8. The summed E-state index contributed by atoms with van der Waals surface area (Å²) in [6.07, 6.45) is 2.54. The summed E-state index contributed by atoms with van der Waals surface area (Å²) in [5.74, 6) is -0.616. The monoisotopic (exact) mass is 409 g/mol. The van der Waals surface area contributed by atoms with Crippen LogP contribution in [0.25, 0.3) is 11.3 Å². The quantitative estimate of drug-likeness (QED) is 0.462. The van der Waals surface area contributed by atoms with Crippen molar-refractivity contribution in [3.63, 3.8) is 0 Å². The second kappa shape index (κ2) is 7.85. The molecule has 27 heavy (non-hydrogen) atoms. The van der Waals surface area contributed by atoms with Gasteiger partial charge in [0.05, 0.1) is 28.3 Å². The van der Waals surface area contributed by atoms with Crippen molar-refractivity contribution < 1.29 is 13.7 Å². The lowest BCUT2D eigenvalue weighted by Crippen LogP contribution is -2.38. The molecule has 3 heterocycles. The third-order valence-electron chi connectivity index (χ3n) is 5.06. The van der Waals surface area contributed by atoms with E-state index in [0.29, 0.717) is 27.8 Å². The van der Waals surface area contributed by atoms with Crippen LogP contribution in [0.1, 0.15) is 29.6 Å². The number of likely N-dealkylation sites (tertiary alicyclic amines) is 1. The number of rotatable bonds is 4. The lowest BCUT2D eigenvalue weighted by atomic mass is 10.1. The molecule has 0 saturated carbocycles. The van der Waals surface area contributed by atoms with E-state index in [4.69, 9.17) is 11.6 Å². The number of nitrogens with zero attached hydrogens (tertiary/aromatic N) is 1. The molecule has 0 amide bonds. The van der Waals surface area contributed by atoms with Gasteiger partial charge in [0.1, 0.15) is 10.8 Å². The Kier molecular flexibility index (Phi) is 5.48. The van der Waals surface area contributed by atoms with Gasteiger partial charge in [-0.05, 0) is 44.1 Å². The number of H-pyrrole nitrogens is 1. The van der Waals surface area contributed by atoms with Gasteiger partial charge in [0.15, 0.2) is 10.8 Å². The Hall–Kier alpha value is -1.51. The van der Waals surface area contributed by atoms with Gasteiger partial charge in [-0.15, -0.1) is 10.8 Å².